The molecule has 5 heteroatoms. The number of hydrogen-bond donors (Lipinski definition) is 1. The van der Waals surface area contributed by atoms with Crippen LogP contribution in [0.15, 0.2) is 53.0 Å². The van der Waals surface area contributed by atoms with Gasteiger partial charge in [0.15, 0.2) is 0 Å². The quantitative estimate of drug-likeness (QED) is 0.718. The van der Waals surface area contributed by atoms with E-state index in [9.17, 15) is 4.79 Å². The van der Waals surface area contributed by atoms with Crippen LogP contribution >= 0.6 is 28.3 Å². The van der Waals surface area contributed by atoms with Gasteiger partial charge in [-0.15, -0.1) is 12.4 Å². The van der Waals surface area contributed by atoms with Crippen LogP contribution in [0.4, 0.5) is 5.69 Å². The standard InChI is InChI=1S/C17H18BrNO2.ClH/c1-3-21-17(20)16-10-5-4-9-15(16)12(2)19-14-8-6-7-13(18)11-14;/h4-12,19H,3H2,1-2H3;1H/t12-;/m0./s1. The predicted molar refractivity (Wildman–Crippen MR) is 95.8 cm³/mol. The second-order valence-corrected chi connectivity index (χ2v) is 5.60. The summed E-state index contributed by atoms with van der Waals surface area (Å²) in [7, 11) is 0. The molecule has 0 aliphatic carbocycles. The number of carbonyl (C=O) groups is 1. The van der Waals surface area contributed by atoms with Crippen molar-refractivity contribution in [3.05, 3.63) is 64.1 Å². The highest BCUT2D eigenvalue weighted by Gasteiger charge is 2.16. The number of ether oxygens (including phenoxy) is 1. The molecular formula is C17H19BrClNO2. The highest BCUT2D eigenvalue weighted by Crippen LogP contribution is 2.24. The third kappa shape index (κ3) is 4.75. The third-order valence-corrected chi connectivity index (χ3v) is 3.62. The van der Waals surface area contributed by atoms with Crippen molar-refractivity contribution in [1.82, 2.24) is 0 Å². The predicted octanol–water partition coefficient (Wildman–Crippen LogP) is 5.22. The monoisotopic (exact) mass is 383 g/mol. The Hall–Kier alpha value is -1.52. The lowest BCUT2D eigenvalue weighted by molar-refractivity contribution is 0.0524. The SMILES string of the molecule is CCOC(=O)c1ccccc1[C@H](C)Nc1cccc(Br)c1.Cl. The van der Waals surface area contributed by atoms with Crippen molar-refractivity contribution in [2.75, 3.05) is 11.9 Å². The highest BCUT2D eigenvalue weighted by atomic mass is 79.9. The molecule has 0 amide bonds. The molecule has 0 bridgehead atoms. The number of halogens is 2. The molecular weight excluding hydrogens is 366 g/mol. The molecule has 0 fully saturated rings. The molecule has 22 heavy (non-hydrogen) atoms. The average Bonchev–Trinajstić information content (AvgIpc) is 2.47. The lowest BCUT2D eigenvalue weighted by Crippen LogP contribution is -2.14. The fourth-order valence-corrected chi connectivity index (χ4v) is 2.57. The van der Waals surface area contributed by atoms with Gasteiger partial charge in [0.05, 0.1) is 12.2 Å². The van der Waals surface area contributed by atoms with Gasteiger partial charge in [0.2, 0.25) is 0 Å². The molecule has 2 aromatic carbocycles. The number of rotatable bonds is 5. The number of benzene rings is 2. The summed E-state index contributed by atoms with van der Waals surface area (Å²) in [6, 6.07) is 15.5. The van der Waals surface area contributed by atoms with E-state index in [2.05, 4.69) is 21.2 Å². The summed E-state index contributed by atoms with van der Waals surface area (Å²) >= 11 is 3.45. The van der Waals surface area contributed by atoms with Gasteiger partial charge < -0.3 is 10.1 Å². The zero-order chi connectivity index (χ0) is 15.2. The second-order valence-electron chi connectivity index (χ2n) is 4.68. The van der Waals surface area contributed by atoms with E-state index in [1.807, 2.05) is 56.3 Å². The van der Waals surface area contributed by atoms with E-state index in [4.69, 9.17) is 4.74 Å². The topological polar surface area (TPSA) is 38.3 Å². The van der Waals surface area contributed by atoms with Crippen LogP contribution in [0.5, 0.6) is 0 Å². The van der Waals surface area contributed by atoms with Crippen molar-refractivity contribution in [3.63, 3.8) is 0 Å². The van der Waals surface area contributed by atoms with Crippen molar-refractivity contribution in [1.29, 1.82) is 0 Å². The summed E-state index contributed by atoms with van der Waals surface area (Å²) in [5.41, 5.74) is 2.53. The first-order valence-electron chi connectivity index (χ1n) is 6.90. The van der Waals surface area contributed by atoms with E-state index in [1.54, 1.807) is 6.07 Å². The minimum absolute atomic E-state index is 0. The van der Waals surface area contributed by atoms with E-state index in [0.717, 1.165) is 15.7 Å². The van der Waals surface area contributed by atoms with Crippen molar-refractivity contribution >= 4 is 40.0 Å². The molecule has 2 aromatic rings. The van der Waals surface area contributed by atoms with Crippen molar-refractivity contribution in [2.45, 2.75) is 19.9 Å². The molecule has 0 unspecified atom stereocenters. The van der Waals surface area contributed by atoms with Crippen LogP contribution in [0.1, 0.15) is 35.8 Å². The molecule has 0 aliphatic rings. The molecule has 2 rings (SSSR count). The van der Waals surface area contributed by atoms with E-state index < -0.39 is 0 Å². The number of hydrogen-bond acceptors (Lipinski definition) is 3. The molecule has 1 atom stereocenters. The molecule has 118 valence electrons. The fourth-order valence-electron chi connectivity index (χ4n) is 2.18. The number of anilines is 1. The lowest BCUT2D eigenvalue weighted by atomic mass is 10.0. The van der Waals surface area contributed by atoms with Gasteiger partial charge in [0.25, 0.3) is 0 Å². The van der Waals surface area contributed by atoms with Gasteiger partial charge in [-0.3, -0.25) is 0 Å². The summed E-state index contributed by atoms with van der Waals surface area (Å²) in [5.74, 6) is -0.281. The molecule has 0 radical (unpaired) electrons. The van der Waals surface area contributed by atoms with E-state index >= 15 is 0 Å². The van der Waals surface area contributed by atoms with Gasteiger partial charge in [0, 0.05) is 16.2 Å². The van der Waals surface area contributed by atoms with Crippen LogP contribution in [0.2, 0.25) is 0 Å². The summed E-state index contributed by atoms with van der Waals surface area (Å²) in [4.78, 5) is 12.0. The second kappa shape index (κ2) is 8.81. The summed E-state index contributed by atoms with van der Waals surface area (Å²) < 4.78 is 6.13. The maximum atomic E-state index is 12.0. The average molecular weight is 385 g/mol. The Morgan fingerprint density at radius 1 is 1.23 bits per heavy atom. The number of esters is 1. The molecule has 1 N–H and O–H groups in total. The maximum absolute atomic E-state index is 12.0. The van der Waals surface area contributed by atoms with Crippen LogP contribution < -0.4 is 5.32 Å². The van der Waals surface area contributed by atoms with Crippen molar-refractivity contribution < 1.29 is 9.53 Å². The zero-order valence-electron chi connectivity index (χ0n) is 12.5. The summed E-state index contributed by atoms with van der Waals surface area (Å²) in [6.07, 6.45) is 0. The molecule has 0 heterocycles. The van der Waals surface area contributed by atoms with Crippen LogP contribution in [0.25, 0.3) is 0 Å². The molecule has 0 aliphatic heterocycles. The van der Waals surface area contributed by atoms with Gasteiger partial charge in [-0.25, -0.2) is 4.79 Å². The number of carbonyl (C=O) groups excluding carboxylic acids is 1. The third-order valence-electron chi connectivity index (χ3n) is 3.13. The summed E-state index contributed by atoms with van der Waals surface area (Å²) in [5, 5.41) is 3.40. The van der Waals surface area contributed by atoms with E-state index in [0.29, 0.717) is 12.2 Å². The first kappa shape index (κ1) is 18.5. The molecule has 3 nitrogen and oxygen atoms in total. The largest absolute Gasteiger partial charge is 0.462 e. The molecule has 0 saturated heterocycles. The van der Waals surface area contributed by atoms with Gasteiger partial charge in [-0.2, -0.15) is 0 Å². The van der Waals surface area contributed by atoms with Crippen LogP contribution in [-0.2, 0) is 4.74 Å². The van der Waals surface area contributed by atoms with Gasteiger partial charge >= 0.3 is 5.97 Å². The van der Waals surface area contributed by atoms with Crippen molar-refractivity contribution in [3.8, 4) is 0 Å². The zero-order valence-corrected chi connectivity index (χ0v) is 14.9. The lowest BCUT2D eigenvalue weighted by Gasteiger charge is -2.18. The van der Waals surface area contributed by atoms with Crippen LogP contribution in [0, 0.1) is 0 Å². The highest BCUT2D eigenvalue weighted by molar-refractivity contribution is 9.10. The first-order valence-corrected chi connectivity index (χ1v) is 7.69. The van der Waals surface area contributed by atoms with E-state index in [-0.39, 0.29) is 24.4 Å². The Morgan fingerprint density at radius 2 is 1.95 bits per heavy atom. The van der Waals surface area contributed by atoms with Crippen molar-refractivity contribution in [2.24, 2.45) is 0 Å². The van der Waals surface area contributed by atoms with Crippen LogP contribution in [-0.4, -0.2) is 12.6 Å². The van der Waals surface area contributed by atoms with Crippen LogP contribution in [0.3, 0.4) is 0 Å². The molecule has 0 aromatic heterocycles. The smallest absolute Gasteiger partial charge is 0.338 e. The van der Waals surface area contributed by atoms with Gasteiger partial charge in [0.1, 0.15) is 0 Å². The fraction of sp³-hybridized carbons (Fsp3) is 0.235. The first-order chi connectivity index (χ1) is 10.1. The molecule has 0 spiro atoms. The van der Waals surface area contributed by atoms with Gasteiger partial charge in [-0.1, -0.05) is 40.2 Å². The maximum Gasteiger partial charge on any atom is 0.338 e. The Balaban J connectivity index is 0.00000242. The Morgan fingerprint density at radius 3 is 2.64 bits per heavy atom. The Bertz CT molecular complexity index is 634. The minimum atomic E-state index is -0.281. The Labute approximate surface area is 145 Å². The normalized spacial score (nSPS) is 11.2. The Kier molecular flexibility index (Phi) is 7.42. The minimum Gasteiger partial charge on any atom is -0.462 e. The van der Waals surface area contributed by atoms with Gasteiger partial charge in [-0.05, 0) is 43.7 Å². The molecule has 0 saturated carbocycles. The van der Waals surface area contributed by atoms with E-state index in [1.165, 1.54) is 0 Å². The summed E-state index contributed by atoms with van der Waals surface area (Å²) in [6.45, 7) is 4.21. The number of nitrogens with one attached hydrogen (secondary N) is 1.